The lowest BCUT2D eigenvalue weighted by Crippen LogP contribution is -2.25. The molecule has 0 saturated heterocycles. The normalized spacial score (nSPS) is 10.9. The lowest BCUT2D eigenvalue weighted by molar-refractivity contribution is 0.303. The third-order valence-electron chi connectivity index (χ3n) is 3.46. The quantitative estimate of drug-likeness (QED) is 0.614. The predicted molar refractivity (Wildman–Crippen MR) is 91.1 cm³/mol. The van der Waals surface area contributed by atoms with E-state index in [1.807, 2.05) is 6.07 Å². The molecular weight excluding hydrogens is 262 g/mol. The molecule has 0 radical (unpaired) electrons. The van der Waals surface area contributed by atoms with Crippen LogP contribution in [0.2, 0.25) is 0 Å². The Balaban J connectivity index is 2.52. The van der Waals surface area contributed by atoms with Gasteiger partial charge in [-0.15, -0.1) is 0 Å². The van der Waals surface area contributed by atoms with Gasteiger partial charge in [-0.3, -0.25) is 0 Å². The summed E-state index contributed by atoms with van der Waals surface area (Å²) in [6.45, 7) is 13.9. The van der Waals surface area contributed by atoms with Crippen molar-refractivity contribution >= 4 is 11.6 Å². The average molecular weight is 293 g/mol. The number of rotatable bonds is 11. The Hall–Kier alpha value is -1.36. The van der Waals surface area contributed by atoms with Gasteiger partial charge in [0.1, 0.15) is 17.5 Å². The predicted octanol–water partition coefficient (Wildman–Crippen LogP) is 3.00. The van der Waals surface area contributed by atoms with E-state index in [1.54, 1.807) is 0 Å². The summed E-state index contributed by atoms with van der Waals surface area (Å²) >= 11 is 0. The second-order valence-electron chi connectivity index (χ2n) is 5.14. The van der Waals surface area contributed by atoms with Crippen LogP contribution in [-0.4, -0.2) is 47.6 Å². The summed E-state index contributed by atoms with van der Waals surface area (Å²) in [6.07, 6.45) is 3.12. The molecule has 2 N–H and O–H groups in total. The zero-order valence-corrected chi connectivity index (χ0v) is 14.1. The van der Waals surface area contributed by atoms with Crippen LogP contribution in [0.1, 0.15) is 46.4 Å². The van der Waals surface area contributed by atoms with Crippen LogP contribution in [0.25, 0.3) is 0 Å². The molecule has 0 saturated carbocycles. The Morgan fingerprint density at radius 2 is 1.67 bits per heavy atom. The molecule has 1 aromatic heterocycles. The number of nitrogens with one attached hydrogen (secondary N) is 2. The smallest absolute Gasteiger partial charge is 0.133 e. The summed E-state index contributed by atoms with van der Waals surface area (Å²) in [5.74, 6) is 2.77. The lowest BCUT2D eigenvalue weighted by Gasteiger charge is -2.18. The van der Waals surface area contributed by atoms with Gasteiger partial charge in [0.2, 0.25) is 0 Å². The third-order valence-corrected chi connectivity index (χ3v) is 3.46. The van der Waals surface area contributed by atoms with Gasteiger partial charge in [0.15, 0.2) is 0 Å². The first-order chi connectivity index (χ1) is 10.2. The van der Waals surface area contributed by atoms with Gasteiger partial charge in [-0.2, -0.15) is 0 Å². The van der Waals surface area contributed by atoms with E-state index < -0.39 is 0 Å². The minimum absolute atomic E-state index is 0.879. The van der Waals surface area contributed by atoms with Crippen molar-refractivity contribution in [2.24, 2.45) is 0 Å². The molecule has 1 heterocycles. The maximum Gasteiger partial charge on any atom is 0.133 e. The second kappa shape index (κ2) is 10.4. The fourth-order valence-corrected chi connectivity index (χ4v) is 2.25. The number of aryl methyl sites for hydroxylation is 1. The summed E-state index contributed by atoms with van der Waals surface area (Å²) < 4.78 is 0. The van der Waals surface area contributed by atoms with Crippen LogP contribution >= 0.6 is 0 Å². The molecule has 0 spiro atoms. The molecule has 0 aliphatic carbocycles. The van der Waals surface area contributed by atoms with Crippen LogP contribution in [0.5, 0.6) is 0 Å². The standard InChI is InChI=1S/C16H31N5/c1-5-10-14-19-15(17-6-2)13-16(20-14)18-11-9-12-21(7-3)8-4/h13H,5-12H2,1-4H3,(H2,17,18,19,20). The van der Waals surface area contributed by atoms with E-state index >= 15 is 0 Å². The van der Waals surface area contributed by atoms with Crippen LogP contribution in [0, 0.1) is 0 Å². The zero-order chi connectivity index (χ0) is 15.5. The Labute approximate surface area is 129 Å². The van der Waals surface area contributed by atoms with E-state index in [4.69, 9.17) is 0 Å². The van der Waals surface area contributed by atoms with Gasteiger partial charge in [-0.05, 0) is 39.4 Å². The van der Waals surface area contributed by atoms with Crippen molar-refractivity contribution in [3.05, 3.63) is 11.9 Å². The summed E-state index contributed by atoms with van der Waals surface area (Å²) in [6, 6.07) is 2.00. The molecule has 120 valence electrons. The van der Waals surface area contributed by atoms with E-state index in [0.717, 1.165) is 69.4 Å². The molecule has 0 atom stereocenters. The van der Waals surface area contributed by atoms with Gasteiger partial charge in [0.25, 0.3) is 0 Å². The molecule has 5 heteroatoms. The monoisotopic (exact) mass is 293 g/mol. The van der Waals surface area contributed by atoms with E-state index in [1.165, 1.54) is 0 Å². The van der Waals surface area contributed by atoms with Gasteiger partial charge in [-0.25, -0.2) is 9.97 Å². The number of aromatic nitrogens is 2. The molecule has 0 amide bonds. The Morgan fingerprint density at radius 1 is 1.00 bits per heavy atom. The van der Waals surface area contributed by atoms with Crippen molar-refractivity contribution < 1.29 is 0 Å². The van der Waals surface area contributed by atoms with Crippen molar-refractivity contribution in [3.8, 4) is 0 Å². The number of nitrogens with zero attached hydrogens (tertiary/aromatic N) is 3. The first kappa shape index (κ1) is 17.7. The molecule has 5 nitrogen and oxygen atoms in total. The van der Waals surface area contributed by atoms with Gasteiger partial charge >= 0.3 is 0 Å². The third kappa shape index (κ3) is 6.76. The molecular formula is C16H31N5. The Kier molecular flexibility index (Phi) is 8.74. The van der Waals surface area contributed by atoms with Gasteiger partial charge in [-0.1, -0.05) is 20.8 Å². The van der Waals surface area contributed by atoms with Crippen LogP contribution in [-0.2, 0) is 6.42 Å². The van der Waals surface area contributed by atoms with Crippen LogP contribution < -0.4 is 10.6 Å². The highest BCUT2D eigenvalue weighted by Gasteiger charge is 2.04. The van der Waals surface area contributed by atoms with Gasteiger partial charge in [0, 0.05) is 25.6 Å². The van der Waals surface area contributed by atoms with Crippen LogP contribution in [0.4, 0.5) is 11.6 Å². The fraction of sp³-hybridized carbons (Fsp3) is 0.750. The molecule has 0 aromatic carbocycles. The van der Waals surface area contributed by atoms with Gasteiger partial charge in [0.05, 0.1) is 0 Å². The van der Waals surface area contributed by atoms with E-state index in [0.29, 0.717) is 0 Å². The fourth-order valence-electron chi connectivity index (χ4n) is 2.25. The highest BCUT2D eigenvalue weighted by Crippen LogP contribution is 2.12. The lowest BCUT2D eigenvalue weighted by atomic mass is 10.3. The van der Waals surface area contributed by atoms with Crippen molar-refractivity contribution in [2.75, 3.05) is 43.4 Å². The van der Waals surface area contributed by atoms with E-state index in [-0.39, 0.29) is 0 Å². The average Bonchev–Trinajstić information content (AvgIpc) is 2.48. The van der Waals surface area contributed by atoms with Crippen LogP contribution in [0.15, 0.2) is 6.07 Å². The summed E-state index contributed by atoms with van der Waals surface area (Å²) in [5.41, 5.74) is 0. The second-order valence-corrected chi connectivity index (χ2v) is 5.14. The van der Waals surface area contributed by atoms with E-state index in [2.05, 4.69) is 53.2 Å². The molecule has 0 bridgehead atoms. The maximum atomic E-state index is 4.59. The van der Waals surface area contributed by atoms with Crippen molar-refractivity contribution in [1.82, 2.24) is 14.9 Å². The van der Waals surface area contributed by atoms with Crippen molar-refractivity contribution in [1.29, 1.82) is 0 Å². The molecule has 1 aromatic rings. The van der Waals surface area contributed by atoms with Crippen molar-refractivity contribution in [2.45, 2.75) is 47.0 Å². The summed E-state index contributed by atoms with van der Waals surface area (Å²) in [4.78, 5) is 11.6. The molecule has 0 aliphatic heterocycles. The van der Waals surface area contributed by atoms with Crippen molar-refractivity contribution in [3.63, 3.8) is 0 Å². The summed E-state index contributed by atoms with van der Waals surface area (Å²) in [5, 5.41) is 6.70. The largest absolute Gasteiger partial charge is 0.370 e. The topological polar surface area (TPSA) is 53.1 Å². The molecule has 0 unspecified atom stereocenters. The molecule has 0 aliphatic rings. The van der Waals surface area contributed by atoms with Crippen LogP contribution in [0.3, 0.4) is 0 Å². The van der Waals surface area contributed by atoms with Gasteiger partial charge < -0.3 is 15.5 Å². The summed E-state index contributed by atoms with van der Waals surface area (Å²) in [7, 11) is 0. The maximum absolute atomic E-state index is 4.59. The van der Waals surface area contributed by atoms with E-state index in [9.17, 15) is 0 Å². The minimum atomic E-state index is 0.879. The highest BCUT2D eigenvalue weighted by molar-refractivity contribution is 5.47. The minimum Gasteiger partial charge on any atom is -0.370 e. The number of hydrogen-bond donors (Lipinski definition) is 2. The molecule has 21 heavy (non-hydrogen) atoms. The zero-order valence-electron chi connectivity index (χ0n) is 14.1. The first-order valence-corrected chi connectivity index (χ1v) is 8.31. The Morgan fingerprint density at radius 3 is 2.24 bits per heavy atom. The SMILES string of the molecule is CCCc1nc(NCC)cc(NCCCN(CC)CC)n1. The number of anilines is 2. The Bertz CT molecular complexity index is 366. The molecule has 1 rings (SSSR count). The molecule has 0 fully saturated rings. The first-order valence-electron chi connectivity index (χ1n) is 8.31. The number of hydrogen-bond acceptors (Lipinski definition) is 5. The highest BCUT2D eigenvalue weighted by atomic mass is 15.1.